The molecule has 7 rings (SSSR count). The van der Waals surface area contributed by atoms with E-state index in [9.17, 15) is 22.7 Å². The number of aliphatic hydroxyl groups is 1. The van der Waals surface area contributed by atoms with Gasteiger partial charge in [0.2, 0.25) is 5.82 Å². The minimum atomic E-state index is -1.20. The van der Waals surface area contributed by atoms with Crippen LogP contribution in [0.2, 0.25) is 0 Å². The molecule has 1 aliphatic heterocycles. The van der Waals surface area contributed by atoms with Gasteiger partial charge in [-0.15, -0.1) is 0 Å². The number of ether oxygens (including phenoxy) is 4. The van der Waals surface area contributed by atoms with Crippen molar-refractivity contribution in [1.82, 2.24) is 0 Å². The number of aliphatic hydroxyl groups excluding tert-OH is 1. The van der Waals surface area contributed by atoms with E-state index in [1.807, 2.05) is 0 Å². The Morgan fingerprint density at radius 1 is 0.768 bits per heavy atom. The van der Waals surface area contributed by atoms with Gasteiger partial charge in [-0.25, -0.2) is 22.0 Å². The molecule has 2 bridgehead atoms. The summed E-state index contributed by atoms with van der Waals surface area (Å²) in [5, 5.41) is 9.61. The van der Waals surface area contributed by atoms with E-state index >= 15 is 8.78 Å². The molecule has 56 heavy (non-hydrogen) atoms. The molecule has 11 heteroatoms. The Bertz CT molecular complexity index is 1730. The second-order valence-corrected chi connectivity index (χ2v) is 16.8. The molecule has 0 amide bonds. The Hall–Kier alpha value is -2.60. The fourth-order valence-electron chi connectivity index (χ4n) is 10.5. The summed E-state index contributed by atoms with van der Waals surface area (Å²) < 4.78 is 112. The SMILES string of the molecule is CCOc1cc2ccc(C3CCC(OCCCCCC(CCO)CCCCCOC4CCC([C@@]56OC7CC5C(=C6F)C(F)=C7F)CC4)CC3)c(F)c2c(F)c1F. The zero-order valence-electron chi connectivity index (χ0n) is 32.7. The van der Waals surface area contributed by atoms with Gasteiger partial charge in [0.25, 0.3) is 0 Å². The van der Waals surface area contributed by atoms with Crippen LogP contribution in [0, 0.1) is 35.2 Å². The standard InChI is InChI=1S/C45H58F6O5/c1-2-53-35-25-29-13-20-33(39(46)37(29)42(49)40(35)47)28-11-16-31(17-12-28)54-23-7-3-5-9-27(21-22-52)10-6-4-8-24-55-32-18-14-30(15-19-32)45-34-26-36(56-45)41(48)43(50)38(34)44(45)51/h13,20,25,27-28,30-32,34,36,52H,2-12,14-19,21-24,26H2,1H3/t27?,28?,30?,31?,32?,34?,36?,45-/m1/s1. The van der Waals surface area contributed by atoms with Gasteiger partial charge in [-0.1, -0.05) is 50.7 Å². The first-order valence-corrected chi connectivity index (χ1v) is 21.4. The number of hydrogen-bond acceptors (Lipinski definition) is 5. The highest BCUT2D eigenvalue weighted by molar-refractivity contribution is 5.86. The monoisotopic (exact) mass is 792 g/mol. The zero-order valence-corrected chi connectivity index (χ0v) is 32.7. The summed E-state index contributed by atoms with van der Waals surface area (Å²) in [6.07, 6.45) is 15.0. The quantitative estimate of drug-likeness (QED) is 0.107. The maximum absolute atomic E-state index is 15.5. The molecule has 2 saturated carbocycles. The number of halogens is 6. The van der Waals surface area contributed by atoms with Crippen LogP contribution in [0.3, 0.4) is 0 Å². The highest BCUT2D eigenvalue weighted by Crippen LogP contribution is 2.67. The minimum Gasteiger partial charge on any atom is -0.491 e. The summed E-state index contributed by atoms with van der Waals surface area (Å²) in [4.78, 5) is 0. The van der Waals surface area contributed by atoms with Crippen LogP contribution in [-0.2, 0) is 14.2 Å². The Labute approximate surface area is 327 Å². The predicted molar refractivity (Wildman–Crippen MR) is 203 cm³/mol. The number of rotatable bonds is 20. The van der Waals surface area contributed by atoms with Crippen LogP contribution in [0.5, 0.6) is 5.75 Å². The van der Waals surface area contributed by atoms with Gasteiger partial charge in [-0.05, 0) is 119 Å². The van der Waals surface area contributed by atoms with Gasteiger partial charge in [0, 0.05) is 31.3 Å². The van der Waals surface area contributed by atoms with E-state index in [1.54, 1.807) is 19.1 Å². The first kappa shape index (κ1) is 41.6. The Morgan fingerprint density at radius 3 is 2.04 bits per heavy atom. The van der Waals surface area contributed by atoms with Gasteiger partial charge in [0.05, 0.1) is 24.2 Å². The van der Waals surface area contributed by atoms with Gasteiger partial charge < -0.3 is 24.1 Å². The lowest BCUT2D eigenvalue weighted by atomic mass is 9.58. The molecule has 3 fully saturated rings. The summed E-state index contributed by atoms with van der Waals surface area (Å²) >= 11 is 0. The Balaban J connectivity index is 0.726. The van der Waals surface area contributed by atoms with Gasteiger partial charge in [0.15, 0.2) is 23.2 Å². The first-order valence-electron chi connectivity index (χ1n) is 21.4. The third-order valence-electron chi connectivity index (χ3n) is 13.5. The fraction of sp³-hybridized carbons (Fsp3) is 0.689. The van der Waals surface area contributed by atoms with Gasteiger partial charge >= 0.3 is 0 Å². The number of benzene rings is 2. The second-order valence-electron chi connectivity index (χ2n) is 16.8. The molecule has 0 radical (unpaired) electrons. The van der Waals surface area contributed by atoms with E-state index in [-0.39, 0.29) is 65.3 Å². The minimum absolute atomic E-state index is 0.0641. The van der Waals surface area contributed by atoms with Gasteiger partial charge in [-0.3, -0.25) is 0 Å². The highest BCUT2D eigenvalue weighted by Gasteiger charge is 2.69. The molecule has 5 aliphatic rings. The Kier molecular flexibility index (Phi) is 13.8. The normalized spacial score (nSPS) is 29.3. The second kappa shape index (κ2) is 18.5. The number of allylic oxidation sites excluding steroid dienone is 1. The van der Waals surface area contributed by atoms with Crippen molar-refractivity contribution in [3.05, 3.63) is 64.3 Å². The summed E-state index contributed by atoms with van der Waals surface area (Å²) in [5.74, 6) is -5.82. The average molecular weight is 793 g/mol. The molecule has 2 aromatic carbocycles. The lowest BCUT2D eigenvalue weighted by Crippen LogP contribution is -2.53. The molecule has 1 N–H and O–H groups in total. The lowest BCUT2D eigenvalue weighted by Gasteiger charge is -2.49. The summed E-state index contributed by atoms with van der Waals surface area (Å²) in [5.41, 5.74) is -0.791. The van der Waals surface area contributed by atoms with Crippen molar-refractivity contribution in [2.75, 3.05) is 26.4 Å². The predicted octanol–water partition coefficient (Wildman–Crippen LogP) is 11.9. The van der Waals surface area contributed by atoms with Crippen molar-refractivity contribution in [3.8, 4) is 5.75 Å². The van der Waals surface area contributed by atoms with E-state index in [2.05, 4.69) is 0 Å². The van der Waals surface area contributed by atoms with Gasteiger partial charge in [-0.2, -0.15) is 4.39 Å². The third-order valence-corrected chi connectivity index (χ3v) is 13.5. The van der Waals surface area contributed by atoms with Crippen molar-refractivity contribution in [2.24, 2.45) is 17.8 Å². The zero-order chi connectivity index (χ0) is 39.4. The van der Waals surface area contributed by atoms with E-state index in [4.69, 9.17) is 18.9 Å². The van der Waals surface area contributed by atoms with Crippen molar-refractivity contribution in [1.29, 1.82) is 0 Å². The van der Waals surface area contributed by atoms with Crippen LogP contribution in [0.25, 0.3) is 10.8 Å². The molecule has 0 spiro atoms. The molecule has 4 aliphatic carbocycles. The first-order chi connectivity index (χ1) is 27.2. The third kappa shape index (κ3) is 8.30. The maximum Gasteiger partial charge on any atom is 0.201 e. The van der Waals surface area contributed by atoms with Crippen molar-refractivity contribution in [2.45, 2.75) is 152 Å². The van der Waals surface area contributed by atoms with Crippen molar-refractivity contribution in [3.63, 3.8) is 0 Å². The van der Waals surface area contributed by atoms with Gasteiger partial charge in [0.1, 0.15) is 23.3 Å². The number of fused-ring (bicyclic) bond motifs is 2. The molecular formula is C45H58F6O5. The molecule has 1 heterocycles. The number of hydrogen-bond donors (Lipinski definition) is 1. The molecular weight excluding hydrogens is 734 g/mol. The van der Waals surface area contributed by atoms with E-state index in [0.29, 0.717) is 31.1 Å². The van der Waals surface area contributed by atoms with Crippen LogP contribution in [0.1, 0.15) is 134 Å². The van der Waals surface area contributed by atoms with Crippen LogP contribution < -0.4 is 4.74 Å². The maximum atomic E-state index is 15.5. The fourth-order valence-corrected chi connectivity index (χ4v) is 10.5. The molecule has 0 aromatic heterocycles. The topological polar surface area (TPSA) is 57.2 Å². The summed E-state index contributed by atoms with van der Waals surface area (Å²) in [6.45, 7) is 3.43. The van der Waals surface area contributed by atoms with Crippen LogP contribution in [0.15, 0.2) is 41.3 Å². The van der Waals surface area contributed by atoms with Crippen molar-refractivity contribution >= 4 is 10.8 Å². The van der Waals surface area contributed by atoms with Crippen LogP contribution in [0.4, 0.5) is 26.3 Å². The Morgan fingerprint density at radius 2 is 1.41 bits per heavy atom. The number of unbranched alkanes of at least 4 members (excludes halogenated alkanes) is 4. The van der Waals surface area contributed by atoms with Crippen LogP contribution >= 0.6 is 0 Å². The average Bonchev–Trinajstić information content (AvgIpc) is 3.47. The molecule has 3 unspecified atom stereocenters. The molecule has 2 aromatic rings. The van der Waals surface area contributed by atoms with E-state index in [1.165, 1.54) is 6.07 Å². The molecule has 310 valence electrons. The lowest BCUT2D eigenvalue weighted by molar-refractivity contribution is -0.107. The molecule has 4 atom stereocenters. The van der Waals surface area contributed by atoms with Crippen molar-refractivity contribution < 1.29 is 50.4 Å². The van der Waals surface area contributed by atoms with E-state index < -0.39 is 46.6 Å². The van der Waals surface area contributed by atoms with Crippen LogP contribution in [-0.4, -0.2) is 55.4 Å². The molecule has 1 saturated heterocycles. The van der Waals surface area contributed by atoms with E-state index in [0.717, 1.165) is 109 Å². The summed E-state index contributed by atoms with van der Waals surface area (Å²) in [7, 11) is 0. The molecule has 5 nitrogen and oxygen atoms in total. The smallest absolute Gasteiger partial charge is 0.201 e. The largest absolute Gasteiger partial charge is 0.491 e. The summed E-state index contributed by atoms with van der Waals surface area (Å²) in [6, 6.07) is 4.70. The highest BCUT2D eigenvalue weighted by atomic mass is 19.2.